The van der Waals surface area contributed by atoms with E-state index in [2.05, 4.69) is 4.98 Å². The topological polar surface area (TPSA) is 60.9 Å². The van der Waals surface area contributed by atoms with E-state index < -0.39 is 0 Å². The van der Waals surface area contributed by atoms with E-state index in [1.165, 1.54) is 11.3 Å². The molecule has 1 aromatic carbocycles. The van der Waals surface area contributed by atoms with Gasteiger partial charge in [-0.3, -0.25) is 4.79 Å². The van der Waals surface area contributed by atoms with Crippen LogP contribution < -0.4 is 9.47 Å². The van der Waals surface area contributed by atoms with Crippen molar-refractivity contribution in [2.45, 2.75) is 6.42 Å². The zero-order valence-electron chi connectivity index (χ0n) is 13.8. The first-order valence-corrected chi connectivity index (χ1v) is 8.61. The Morgan fingerprint density at radius 2 is 2.08 bits per heavy atom. The number of hydrogen-bond acceptors (Lipinski definition) is 6. The van der Waals surface area contributed by atoms with Crippen LogP contribution in [-0.4, -0.2) is 56.3 Å². The van der Waals surface area contributed by atoms with Crippen LogP contribution >= 0.6 is 11.3 Å². The van der Waals surface area contributed by atoms with Crippen LogP contribution in [0.15, 0.2) is 23.6 Å². The Kier molecular flexibility index (Phi) is 5.32. The van der Waals surface area contributed by atoms with Gasteiger partial charge in [0.25, 0.3) is 0 Å². The molecule has 0 bridgehead atoms. The van der Waals surface area contributed by atoms with Gasteiger partial charge in [0.1, 0.15) is 16.5 Å². The third-order valence-corrected chi connectivity index (χ3v) is 4.75. The molecule has 1 saturated heterocycles. The number of morpholine rings is 1. The lowest BCUT2D eigenvalue weighted by molar-refractivity contribution is -0.134. The Balaban J connectivity index is 1.76. The second-order valence-electron chi connectivity index (χ2n) is 5.36. The molecule has 24 heavy (non-hydrogen) atoms. The second-order valence-corrected chi connectivity index (χ2v) is 6.31. The highest BCUT2D eigenvalue weighted by Gasteiger charge is 2.19. The number of aromatic nitrogens is 1. The molecule has 1 fully saturated rings. The number of methoxy groups -OCH3 is 2. The van der Waals surface area contributed by atoms with E-state index in [9.17, 15) is 4.79 Å². The van der Waals surface area contributed by atoms with Crippen molar-refractivity contribution >= 4 is 17.2 Å². The zero-order valence-corrected chi connectivity index (χ0v) is 14.6. The van der Waals surface area contributed by atoms with Crippen molar-refractivity contribution in [2.75, 3.05) is 40.5 Å². The van der Waals surface area contributed by atoms with Crippen molar-refractivity contribution < 1.29 is 19.0 Å². The largest absolute Gasteiger partial charge is 0.497 e. The van der Waals surface area contributed by atoms with Gasteiger partial charge in [-0.25, -0.2) is 4.98 Å². The van der Waals surface area contributed by atoms with Gasteiger partial charge in [-0.15, -0.1) is 11.3 Å². The smallest absolute Gasteiger partial charge is 0.229 e. The molecule has 0 radical (unpaired) electrons. The Bertz CT molecular complexity index is 710. The van der Waals surface area contributed by atoms with Gasteiger partial charge >= 0.3 is 0 Å². The van der Waals surface area contributed by atoms with Gasteiger partial charge in [-0.05, 0) is 18.2 Å². The number of hydrogen-bond donors (Lipinski definition) is 0. The molecular weight excluding hydrogens is 328 g/mol. The van der Waals surface area contributed by atoms with Gasteiger partial charge in [-0.2, -0.15) is 0 Å². The van der Waals surface area contributed by atoms with Crippen LogP contribution in [0.25, 0.3) is 11.3 Å². The fourth-order valence-corrected chi connectivity index (χ4v) is 3.37. The van der Waals surface area contributed by atoms with Crippen LogP contribution in [0.3, 0.4) is 0 Å². The first-order valence-electron chi connectivity index (χ1n) is 7.73. The minimum Gasteiger partial charge on any atom is -0.497 e. The van der Waals surface area contributed by atoms with Crippen LogP contribution in [0.1, 0.15) is 5.01 Å². The molecule has 1 amide bonds. The number of nitrogens with zero attached hydrogens (tertiary/aromatic N) is 2. The third kappa shape index (κ3) is 3.68. The fourth-order valence-electron chi connectivity index (χ4n) is 2.58. The number of rotatable bonds is 5. The molecule has 0 N–H and O–H groups in total. The van der Waals surface area contributed by atoms with E-state index in [1.54, 1.807) is 14.2 Å². The van der Waals surface area contributed by atoms with Crippen molar-refractivity contribution in [3.8, 4) is 22.8 Å². The zero-order chi connectivity index (χ0) is 16.9. The van der Waals surface area contributed by atoms with E-state index in [0.29, 0.717) is 32.7 Å². The number of ether oxygens (including phenoxy) is 3. The number of carbonyl (C=O) groups excluding carboxylic acids is 1. The quantitative estimate of drug-likeness (QED) is 0.829. The maximum Gasteiger partial charge on any atom is 0.229 e. The van der Waals surface area contributed by atoms with Crippen molar-refractivity contribution in [3.63, 3.8) is 0 Å². The normalized spacial score (nSPS) is 14.5. The lowest BCUT2D eigenvalue weighted by atomic mass is 10.1. The van der Waals surface area contributed by atoms with E-state index in [-0.39, 0.29) is 5.91 Å². The van der Waals surface area contributed by atoms with Crippen LogP contribution in [0.2, 0.25) is 0 Å². The molecule has 1 aliphatic rings. The van der Waals surface area contributed by atoms with E-state index in [0.717, 1.165) is 27.8 Å². The molecule has 1 aliphatic heterocycles. The standard InChI is InChI=1S/C17H20N2O4S/c1-21-12-3-4-15(22-2)13(9-12)14-11-24-16(18-14)10-17(20)19-5-7-23-8-6-19/h3-4,9,11H,5-8,10H2,1-2H3. The molecular formula is C17H20N2O4S. The summed E-state index contributed by atoms with van der Waals surface area (Å²) in [6, 6.07) is 5.59. The summed E-state index contributed by atoms with van der Waals surface area (Å²) in [5, 5.41) is 2.74. The summed E-state index contributed by atoms with van der Waals surface area (Å²) in [5.74, 6) is 1.56. The van der Waals surface area contributed by atoms with Gasteiger partial charge in [0.15, 0.2) is 0 Å². The Morgan fingerprint density at radius 1 is 1.29 bits per heavy atom. The average molecular weight is 348 g/mol. The lowest BCUT2D eigenvalue weighted by Gasteiger charge is -2.26. The molecule has 0 aliphatic carbocycles. The highest BCUT2D eigenvalue weighted by molar-refractivity contribution is 7.10. The van der Waals surface area contributed by atoms with Gasteiger partial charge in [0.05, 0.1) is 39.5 Å². The molecule has 3 rings (SSSR count). The van der Waals surface area contributed by atoms with Crippen LogP contribution in [0, 0.1) is 0 Å². The highest BCUT2D eigenvalue weighted by Crippen LogP contribution is 2.34. The maximum absolute atomic E-state index is 12.3. The third-order valence-electron chi connectivity index (χ3n) is 3.90. The van der Waals surface area contributed by atoms with Crippen molar-refractivity contribution in [1.29, 1.82) is 0 Å². The Morgan fingerprint density at radius 3 is 2.79 bits per heavy atom. The fraction of sp³-hybridized carbons (Fsp3) is 0.412. The molecule has 6 nitrogen and oxygen atoms in total. The van der Waals surface area contributed by atoms with Crippen LogP contribution in [-0.2, 0) is 16.0 Å². The SMILES string of the molecule is COc1ccc(OC)c(-c2csc(CC(=O)N3CCOCC3)n2)c1. The average Bonchev–Trinajstić information content (AvgIpc) is 3.10. The van der Waals surface area contributed by atoms with Gasteiger partial charge in [-0.1, -0.05) is 0 Å². The minimum absolute atomic E-state index is 0.0943. The Hall–Kier alpha value is -2.12. The van der Waals surface area contributed by atoms with Crippen molar-refractivity contribution in [2.24, 2.45) is 0 Å². The Labute approximate surface area is 145 Å². The molecule has 0 atom stereocenters. The van der Waals surface area contributed by atoms with E-state index >= 15 is 0 Å². The van der Waals surface area contributed by atoms with Crippen molar-refractivity contribution in [1.82, 2.24) is 9.88 Å². The molecule has 1 aromatic heterocycles. The van der Waals surface area contributed by atoms with Gasteiger partial charge in [0, 0.05) is 24.0 Å². The summed E-state index contributed by atoms with van der Waals surface area (Å²) in [5.41, 5.74) is 1.65. The van der Waals surface area contributed by atoms with Crippen molar-refractivity contribution in [3.05, 3.63) is 28.6 Å². The van der Waals surface area contributed by atoms with Crippen LogP contribution in [0.4, 0.5) is 0 Å². The number of amides is 1. The molecule has 0 unspecified atom stereocenters. The predicted molar refractivity (Wildman–Crippen MR) is 91.8 cm³/mol. The van der Waals surface area contributed by atoms with E-state index in [1.807, 2.05) is 28.5 Å². The summed E-state index contributed by atoms with van der Waals surface area (Å²) >= 11 is 1.48. The molecule has 0 spiro atoms. The summed E-state index contributed by atoms with van der Waals surface area (Å²) in [6.07, 6.45) is 0.316. The predicted octanol–water partition coefficient (Wildman–Crippen LogP) is 2.23. The highest BCUT2D eigenvalue weighted by atomic mass is 32.1. The van der Waals surface area contributed by atoms with Gasteiger partial charge < -0.3 is 19.1 Å². The summed E-state index contributed by atoms with van der Waals surface area (Å²) < 4.78 is 16.0. The molecule has 2 aromatic rings. The summed E-state index contributed by atoms with van der Waals surface area (Å²) in [4.78, 5) is 18.8. The number of thiazole rings is 1. The minimum atomic E-state index is 0.0943. The van der Waals surface area contributed by atoms with Crippen LogP contribution in [0.5, 0.6) is 11.5 Å². The lowest BCUT2D eigenvalue weighted by Crippen LogP contribution is -2.41. The first kappa shape index (κ1) is 16.7. The second kappa shape index (κ2) is 7.63. The van der Waals surface area contributed by atoms with Gasteiger partial charge in [0.2, 0.25) is 5.91 Å². The first-order chi connectivity index (χ1) is 11.7. The number of benzene rings is 1. The monoisotopic (exact) mass is 348 g/mol. The number of carbonyl (C=O) groups is 1. The summed E-state index contributed by atoms with van der Waals surface area (Å²) in [7, 11) is 3.25. The maximum atomic E-state index is 12.3. The van der Waals surface area contributed by atoms with E-state index in [4.69, 9.17) is 14.2 Å². The molecule has 2 heterocycles. The summed E-state index contributed by atoms with van der Waals surface area (Å²) in [6.45, 7) is 2.52. The molecule has 0 saturated carbocycles. The molecule has 7 heteroatoms. The molecule has 128 valence electrons.